The van der Waals surface area contributed by atoms with Gasteiger partial charge in [0.15, 0.2) is 0 Å². The van der Waals surface area contributed by atoms with Crippen LogP contribution in [0.2, 0.25) is 0 Å². The first-order valence-corrected chi connectivity index (χ1v) is 12.3. The molecular formula is C24H39N3O8. The SMILES string of the molecule is [CH]C(C)CCCCCOC(=O)CCn1c(=O)[nH]c(=O)n(CCC(=O)OCCCCCC(C)O)c1=O. The van der Waals surface area contributed by atoms with Crippen LogP contribution in [0.3, 0.4) is 0 Å². The maximum Gasteiger partial charge on any atom is 0.336 e. The summed E-state index contributed by atoms with van der Waals surface area (Å²) in [7, 11) is 0. The summed E-state index contributed by atoms with van der Waals surface area (Å²) in [6.07, 6.45) is 5.58. The molecule has 11 heteroatoms. The van der Waals surface area contributed by atoms with Crippen LogP contribution in [0, 0.1) is 12.8 Å². The molecule has 1 heterocycles. The highest BCUT2D eigenvalue weighted by atomic mass is 16.5. The lowest BCUT2D eigenvalue weighted by molar-refractivity contribution is -0.144. The second-order valence-corrected chi connectivity index (χ2v) is 8.79. The fraction of sp³-hybridized carbons (Fsp3) is 0.750. The van der Waals surface area contributed by atoms with Gasteiger partial charge in [-0.2, -0.15) is 0 Å². The predicted octanol–water partition coefficient (Wildman–Crippen LogP) is 1.41. The van der Waals surface area contributed by atoms with Crippen molar-refractivity contribution >= 4 is 11.9 Å². The lowest BCUT2D eigenvalue weighted by atomic mass is 10.1. The maximum atomic E-state index is 12.6. The van der Waals surface area contributed by atoms with E-state index >= 15 is 0 Å². The van der Waals surface area contributed by atoms with E-state index in [2.05, 4.69) is 0 Å². The number of H-pyrrole nitrogens is 1. The Morgan fingerprint density at radius 2 is 1.29 bits per heavy atom. The molecular weight excluding hydrogens is 458 g/mol. The number of esters is 2. The average Bonchev–Trinajstić information content (AvgIpc) is 2.77. The summed E-state index contributed by atoms with van der Waals surface area (Å²) in [5.41, 5.74) is -2.77. The summed E-state index contributed by atoms with van der Waals surface area (Å²) in [5.74, 6) is -0.993. The first-order chi connectivity index (χ1) is 16.6. The number of unbranched alkanes of at least 4 members (excludes halogenated alkanes) is 4. The Balaban J connectivity index is 2.48. The van der Waals surface area contributed by atoms with Crippen molar-refractivity contribution in [2.24, 2.45) is 5.92 Å². The number of carbonyl (C=O) groups excluding carboxylic acids is 2. The van der Waals surface area contributed by atoms with Crippen molar-refractivity contribution in [1.29, 1.82) is 0 Å². The van der Waals surface area contributed by atoms with Gasteiger partial charge in [0.1, 0.15) is 0 Å². The molecule has 2 radical (unpaired) electrons. The molecule has 0 saturated heterocycles. The van der Waals surface area contributed by atoms with Gasteiger partial charge in [0.25, 0.3) is 0 Å². The van der Waals surface area contributed by atoms with Gasteiger partial charge in [-0.15, -0.1) is 0 Å². The first kappa shape index (κ1) is 30.3. The summed E-state index contributed by atoms with van der Waals surface area (Å²) in [6, 6.07) is 0. The Morgan fingerprint density at radius 3 is 1.71 bits per heavy atom. The van der Waals surface area contributed by atoms with Gasteiger partial charge in [-0.25, -0.2) is 23.5 Å². The third kappa shape index (κ3) is 13.1. The Kier molecular flexibility index (Phi) is 14.6. The van der Waals surface area contributed by atoms with E-state index < -0.39 is 29.0 Å². The minimum atomic E-state index is -0.934. The molecule has 198 valence electrons. The van der Waals surface area contributed by atoms with E-state index in [0.717, 1.165) is 41.2 Å². The Morgan fingerprint density at radius 1 is 0.829 bits per heavy atom. The van der Waals surface area contributed by atoms with Crippen LogP contribution in [0.15, 0.2) is 14.4 Å². The van der Waals surface area contributed by atoms with Gasteiger partial charge in [-0.1, -0.05) is 32.6 Å². The minimum Gasteiger partial charge on any atom is -0.466 e. The van der Waals surface area contributed by atoms with Gasteiger partial charge in [0, 0.05) is 13.1 Å². The van der Waals surface area contributed by atoms with Crippen LogP contribution in [0.4, 0.5) is 0 Å². The molecule has 0 fully saturated rings. The highest BCUT2D eigenvalue weighted by Gasteiger charge is 2.14. The Hall–Kier alpha value is -2.69. The summed E-state index contributed by atoms with van der Waals surface area (Å²) >= 11 is 0. The fourth-order valence-corrected chi connectivity index (χ4v) is 3.33. The molecule has 2 unspecified atom stereocenters. The number of nitrogens with one attached hydrogen (secondary N) is 1. The van der Waals surface area contributed by atoms with Crippen LogP contribution in [0.1, 0.15) is 78.1 Å². The molecule has 0 spiro atoms. The second-order valence-electron chi connectivity index (χ2n) is 8.79. The van der Waals surface area contributed by atoms with Crippen molar-refractivity contribution in [3.63, 3.8) is 0 Å². The van der Waals surface area contributed by atoms with E-state index in [4.69, 9.17) is 16.4 Å². The molecule has 35 heavy (non-hydrogen) atoms. The van der Waals surface area contributed by atoms with Crippen LogP contribution < -0.4 is 17.1 Å². The van der Waals surface area contributed by atoms with E-state index in [1.54, 1.807) is 6.92 Å². The van der Waals surface area contributed by atoms with Crippen LogP contribution in [0.25, 0.3) is 0 Å². The molecule has 0 amide bonds. The standard InChI is InChI=1S/C24H39N3O8/c1-18(2)10-6-4-8-16-34-20(29)12-14-26-22(31)25-23(32)27(24(26)33)15-13-21(30)35-17-9-5-7-11-19(3)28/h1,18-19,28H,4-17H2,2-3H3,(H,25,31,32). The molecule has 0 saturated carbocycles. The molecule has 2 N–H and O–H groups in total. The molecule has 2 atom stereocenters. The number of hydrogen-bond donors (Lipinski definition) is 2. The second kappa shape index (κ2) is 16.9. The zero-order chi connectivity index (χ0) is 26.2. The number of aliphatic hydroxyl groups excluding tert-OH is 1. The van der Waals surface area contributed by atoms with Crippen molar-refractivity contribution in [3.8, 4) is 0 Å². The number of rotatable bonds is 18. The van der Waals surface area contributed by atoms with Crippen molar-refractivity contribution in [1.82, 2.24) is 14.1 Å². The summed E-state index contributed by atoms with van der Waals surface area (Å²) in [6.45, 7) is 9.25. The number of aromatic amines is 1. The lowest BCUT2D eigenvalue weighted by Gasteiger charge is -2.10. The van der Waals surface area contributed by atoms with E-state index in [1.807, 2.05) is 11.9 Å². The number of aromatic nitrogens is 3. The molecule has 0 aliphatic heterocycles. The largest absolute Gasteiger partial charge is 0.466 e. The summed E-state index contributed by atoms with van der Waals surface area (Å²) < 4.78 is 11.7. The van der Waals surface area contributed by atoms with Gasteiger partial charge in [-0.05, 0) is 45.4 Å². The molecule has 0 bridgehead atoms. The molecule has 1 aromatic rings. The van der Waals surface area contributed by atoms with Crippen molar-refractivity contribution in [3.05, 3.63) is 38.4 Å². The number of aliphatic hydroxyl groups is 1. The molecule has 0 aliphatic carbocycles. The summed E-state index contributed by atoms with van der Waals surface area (Å²) in [4.78, 5) is 62.6. The molecule has 11 nitrogen and oxygen atoms in total. The Labute approximate surface area is 205 Å². The van der Waals surface area contributed by atoms with Gasteiger partial charge in [0.05, 0.1) is 32.2 Å². The highest BCUT2D eigenvalue weighted by molar-refractivity contribution is 5.69. The fourth-order valence-electron chi connectivity index (χ4n) is 3.33. The number of carbonyl (C=O) groups is 2. The zero-order valence-electron chi connectivity index (χ0n) is 20.8. The molecule has 0 aromatic carbocycles. The average molecular weight is 498 g/mol. The van der Waals surface area contributed by atoms with Crippen LogP contribution >= 0.6 is 0 Å². The van der Waals surface area contributed by atoms with E-state index in [9.17, 15) is 29.1 Å². The normalized spacial score (nSPS) is 12.0. The van der Waals surface area contributed by atoms with Gasteiger partial charge in [0.2, 0.25) is 0 Å². The summed E-state index contributed by atoms with van der Waals surface area (Å²) in [5, 5.41) is 9.20. The van der Waals surface area contributed by atoms with Crippen molar-refractivity contribution in [2.75, 3.05) is 13.2 Å². The van der Waals surface area contributed by atoms with E-state index in [-0.39, 0.29) is 51.2 Å². The van der Waals surface area contributed by atoms with Gasteiger partial charge in [-0.3, -0.25) is 14.6 Å². The molecule has 1 aromatic heterocycles. The van der Waals surface area contributed by atoms with Crippen molar-refractivity contribution < 1.29 is 24.2 Å². The smallest absolute Gasteiger partial charge is 0.336 e. The van der Waals surface area contributed by atoms with Crippen LogP contribution in [-0.2, 0) is 32.2 Å². The van der Waals surface area contributed by atoms with Crippen molar-refractivity contribution in [2.45, 2.75) is 97.2 Å². The number of ether oxygens (including phenoxy) is 2. The highest BCUT2D eigenvalue weighted by Crippen LogP contribution is 2.08. The quantitative estimate of drug-likeness (QED) is 0.228. The minimum absolute atomic E-state index is 0.139. The van der Waals surface area contributed by atoms with Gasteiger partial charge >= 0.3 is 29.0 Å². The van der Waals surface area contributed by atoms with Gasteiger partial charge < -0.3 is 14.6 Å². The van der Waals surface area contributed by atoms with Crippen LogP contribution in [0.5, 0.6) is 0 Å². The number of nitrogens with zero attached hydrogens (tertiary/aromatic N) is 2. The van der Waals surface area contributed by atoms with E-state index in [1.165, 1.54) is 0 Å². The predicted molar refractivity (Wildman–Crippen MR) is 129 cm³/mol. The third-order valence-electron chi connectivity index (χ3n) is 5.34. The topological polar surface area (TPSA) is 150 Å². The third-order valence-corrected chi connectivity index (χ3v) is 5.34. The maximum absolute atomic E-state index is 12.6. The molecule has 0 aliphatic rings. The first-order valence-electron chi connectivity index (χ1n) is 12.3. The van der Waals surface area contributed by atoms with Crippen LogP contribution in [-0.4, -0.2) is 50.5 Å². The van der Waals surface area contributed by atoms with E-state index in [0.29, 0.717) is 19.3 Å². The zero-order valence-corrected chi connectivity index (χ0v) is 20.8. The molecule has 1 rings (SSSR count). The number of hydrogen-bond acceptors (Lipinski definition) is 8. The lowest BCUT2D eigenvalue weighted by Crippen LogP contribution is -2.49. The monoisotopic (exact) mass is 497 g/mol. The Bertz CT molecular complexity index is 874.